The predicted molar refractivity (Wildman–Crippen MR) is 139 cm³/mol. The number of benzene rings is 2. The maximum absolute atomic E-state index is 12.4. The molecule has 2 aromatic carbocycles. The number of carbonyl (C=O) groups excluding carboxylic acids is 1. The fourth-order valence-electron chi connectivity index (χ4n) is 5.52. The second kappa shape index (κ2) is 13.2. The number of nitrogens with zero attached hydrogens (tertiary/aromatic N) is 2. The third-order valence-corrected chi connectivity index (χ3v) is 9.72. The molecule has 34 heavy (non-hydrogen) atoms. The molecule has 1 aliphatic heterocycles. The molecule has 0 N–H and O–H groups in total. The van der Waals surface area contributed by atoms with Crippen molar-refractivity contribution in [3.8, 4) is 0 Å². The SMILES string of the molecule is COC(=O)CC1CN(C2CCCCCCCCCCC2)[C](=[Au][Cl])N1c1ccc2ccccc2c1. The number of methoxy groups -OCH3 is 1. The summed E-state index contributed by atoms with van der Waals surface area (Å²) in [5.41, 5.74) is 1.13. The summed E-state index contributed by atoms with van der Waals surface area (Å²) in [4.78, 5) is 17.3. The Hall–Kier alpha value is -1.17. The number of rotatable bonds is 4. The monoisotopic (exact) mass is 666 g/mol. The number of carbonyl (C=O) groups is 1. The van der Waals surface area contributed by atoms with E-state index in [4.69, 9.17) is 13.9 Å². The molecule has 4 nitrogen and oxygen atoms in total. The molecule has 0 radical (unpaired) electrons. The zero-order valence-corrected chi connectivity index (χ0v) is 23.2. The Bertz CT molecular complexity index is 970. The summed E-state index contributed by atoms with van der Waals surface area (Å²) >= 11 is -0.550. The maximum atomic E-state index is 12.4. The molecule has 1 unspecified atom stereocenters. The number of hydrogen-bond acceptors (Lipinski definition) is 4. The summed E-state index contributed by atoms with van der Waals surface area (Å²) in [6, 6.07) is 15.6. The van der Waals surface area contributed by atoms with Crippen molar-refractivity contribution in [2.45, 2.75) is 89.1 Å². The van der Waals surface area contributed by atoms with E-state index in [1.54, 1.807) is 0 Å². The molecular weight excluding hydrogens is 629 g/mol. The van der Waals surface area contributed by atoms with Gasteiger partial charge in [0, 0.05) is 0 Å². The molecule has 6 heteroatoms. The first kappa shape index (κ1) is 25.9. The van der Waals surface area contributed by atoms with E-state index in [1.165, 1.54) is 92.5 Å². The Morgan fingerprint density at radius 2 is 1.56 bits per heavy atom. The first-order chi connectivity index (χ1) is 16.7. The van der Waals surface area contributed by atoms with E-state index >= 15 is 0 Å². The molecule has 1 saturated carbocycles. The van der Waals surface area contributed by atoms with Gasteiger partial charge in [0.2, 0.25) is 0 Å². The zero-order valence-electron chi connectivity index (χ0n) is 20.3. The van der Waals surface area contributed by atoms with Gasteiger partial charge in [-0.05, 0) is 0 Å². The van der Waals surface area contributed by atoms with E-state index in [1.807, 2.05) is 0 Å². The van der Waals surface area contributed by atoms with E-state index < -0.39 is 18.2 Å². The van der Waals surface area contributed by atoms with Gasteiger partial charge in [0.05, 0.1) is 0 Å². The van der Waals surface area contributed by atoms with Crippen molar-refractivity contribution in [3.63, 3.8) is 0 Å². The Morgan fingerprint density at radius 1 is 0.941 bits per heavy atom. The zero-order chi connectivity index (χ0) is 23.8. The number of hydrogen-bond donors (Lipinski definition) is 0. The number of halogens is 1. The Kier molecular flexibility index (Phi) is 10.1. The van der Waals surface area contributed by atoms with Crippen molar-refractivity contribution in [2.24, 2.45) is 0 Å². The Balaban J connectivity index is 1.62. The molecule has 1 saturated heterocycles. The third-order valence-electron chi connectivity index (χ3n) is 7.38. The molecule has 0 spiro atoms. The quantitative estimate of drug-likeness (QED) is 0.263. The van der Waals surface area contributed by atoms with Crippen LogP contribution < -0.4 is 4.90 Å². The molecule has 2 aliphatic rings. The van der Waals surface area contributed by atoms with Crippen LogP contribution in [-0.4, -0.2) is 40.6 Å². The second-order valence-corrected chi connectivity index (χ2v) is 12.0. The van der Waals surface area contributed by atoms with Gasteiger partial charge in [-0.3, -0.25) is 0 Å². The summed E-state index contributed by atoms with van der Waals surface area (Å²) in [6.07, 6.45) is 14.9. The van der Waals surface area contributed by atoms with Gasteiger partial charge >= 0.3 is 218 Å². The molecule has 1 atom stereocenters. The average Bonchev–Trinajstić information content (AvgIpc) is 3.21. The van der Waals surface area contributed by atoms with Gasteiger partial charge in [0.15, 0.2) is 0 Å². The van der Waals surface area contributed by atoms with Crippen LogP contribution in [0.3, 0.4) is 0 Å². The fraction of sp³-hybridized carbons (Fsp3) is 0.571. The van der Waals surface area contributed by atoms with E-state index in [9.17, 15) is 4.79 Å². The van der Waals surface area contributed by atoms with E-state index in [0.29, 0.717) is 12.5 Å². The van der Waals surface area contributed by atoms with E-state index in [-0.39, 0.29) is 12.0 Å². The van der Waals surface area contributed by atoms with Crippen molar-refractivity contribution in [2.75, 3.05) is 18.6 Å². The van der Waals surface area contributed by atoms with Gasteiger partial charge < -0.3 is 0 Å². The number of anilines is 1. The summed E-state index contributed by atoms with van der Waals surface area (Å²) in [5.74, 6) is -0.151. The number of fused-ring (bicyclic) bond motifs is 1. The first-order valence-electron chi connectivity index (χ1n) is 12.9. The van der Waals surface area contributed by atoms with Crippen LogP contribution in [0.1, 0.15) is 77.0 Å². The number of esters is 1. The van der Waals surface area contributed by atoms with Crippen molar-refractivity contribution < 1.29 is 27.7 Å². The van der Waals surface area contributed by atoms with Crippen LogP contribution in [0.2, 0.25) is 0 Å². The predicted octanol–water partition coefficient (Wildman–Crippen LogP) is 6.89. The van der Waals surface area contributed by atoms with Crippen LogP contribution in [0, 0.1) is 0 Å². The Labute approximate surface area is 217 Å². The van der Waals surface area contributed by atoms with Crippen molar-refractivity contribution >= 4 is 35.6 Å². The summed E-state index contributed by atoms with van der Waals surface area (Å²) in [6.45, 7) is 0.852. The summed E-state index contributed by atoms with van der Waals surface area (Å²) in [7, 11) is 8.25. The summed E-state index contributed by atoms with van der Waals surface area (Å²) in [5, 5.41) is 2.44. The molecular formula is C28H38AuClN2O2. The average molecular weight is 667 g/mol. The molecule has 0 aromatic heterocycles. The summed E-state index contributed by atoms with van der Waals surface area (Å²) < 4.78 is 6.33. The Morgan fingerprint density at radius 3 is 2.18 bits per heavy atom. The van der Waals surface area contributed by atoms with Gasteiger partial charge in [-0.25, -0.2) is 0 Å². The van der Waals surface area contributed by atoms with Gasteiger partial charge in [-0.2, -0.15) is 0 Å². The topological polar surface area (TPSA) is 32.8 Å². The molecule has 2 aromatic rings. The second-order valence-electron chi connectivity index (χ2n) is 9.69. The molecule has 190 valence electrons. The van der Waals surface area contributed by atoms with Crippen LogP contribution in [0.25, 0.3) is 10.8 Å². The molecule has 0 bridgehead atoms. The van der Waals surface area contributed by atoms with Crippen LogP contribution >= 0.6 is 9.19 Å². The molecule has 2 fully saturated rings. The molecule has 4 rings (SSSR count). The third kappa shape index (κ3) is 6.53. The van der Waals surface area contributed by atoms with E-state index in [0.717, 1.165) is 12.2 Å². The van der Waals surface area contributed by atoms with Crippen LogP contribution in [-0.2, 0) is 27.7 Å². The standard InChI is InChI=1S/C28H38N2O2.Au.ClH/c1-32-28(31)20-27-21-29(25-15-9-7-5-3-2-4-6-8-10-16-25)22-30(27)26-18-17-23-13-11-12-14-24(23)19-26;;/h11-14,17-19,25,27H,2-10,15-16,20-21H2,1H3;;1H/q;+1;/p-1. The minimum absolute atomic E-state index is 0.0556. The van der Waals surface area contributed by atoms with Gasteiger partial charge in [0.25, 0.3) is 0 Å². The number of ether oxygens (including phenoxy) is 1. The van der Waals surface area contributed by atoms with Gasteiger partial charge in [0.1, 0.15) is 0 Å². The molecule has 0 amide bonds. The molecule has 1 aliphatic carbocycles. The van der Waals surface area contributed by atoms with Crippen molar-refractivity contribution in [3.05, 3.63) is 42.5 Å². The van der Waals surface area contributed by atoms with Crippen molar-refractivity contribution in [1.29, 1.82) is 0 Å². The van der Waals surface area contributed by atoms with Gasteiger partial charge in [-0.15, -0.1) is 0 Å². The van der Waals surface area contributed by atoms with Crippen LogP contribution in [0.4, 0.5) is 5.69 Å². The first-order valence-corrected chi connectivity index (χ1v) is 16.7. The normalized spacial score (nSPS) is 23.5. The van der Waals surface area contributed by atoms with E-state index in [2.05, 4.69) is 52.3 Å². The minimum atomic E-state index is -0.550. The van der Waals surface area contributed by atoms with Crippen molar-refractivity contribution in [1.82, 2.24) is 4.90 Å². The van der Waals surface area contributed by atoms with Crippen LogP contribution in [0.15, 0.2) is 42.5 Å². The van der Waals surface area contributed by atoms with Gasteiger partial charge in [-0.1, -0.05) is 0 Å². The fourth-order valence-corrected chi connectivity index (χ4v) is 8.20. The molecule has 1 heterocycles. The van der Waals surface area contributed by atoms with Crippen LogP contribution in [0.5, 0.6) is 0 Å².